The molecule has 2 aromatic heterocycles. The van der Waals surface area contributed by atoms with Crippen molar-refractivity contribution in [2.45, 2.75) is 105 Å². The van der Waals surface area contributed by atoms with Crippen molar-refractivity contribution in [3.05, 3.63) is 71.8 Å². The summed E-state index contributed by atoms with van der Waals surface area (Å²) in [6, 6.07) is 7.95. The average Bonchev–Trinajstić information content (AvgIpc) is 3.08. The van der Waals surface area contributed by atoms with Crippen molar-refractivity contribution in [3.63, 3.8) is 0 Å². The molecule has 5 heteroatoms. The predicted molar refractivity (Wildman–Crippen MR) is 194 cm³/mol. The molecule has 5 aliphatic carbocycles. The van der Waals surface area contributed by atoms with E-state index in [2.05, 4.69) is 70.6 Å². The molecule has 260 valence electrons. The minimum Gasteiger partial charge on any atom is -0.374 e. The number of carbonyl (C=O) groups excluding carboxylic acids is 2. The molecule has 0 unspecified atom stereocenters. The molecule has 5 saturated carbocycles. The fraction of sp³-hybridized carbons (Fsp3) is 0.636. The van der Waals surface area contributed by atoms with Gasteiger partial charge in [0, 0.05) is 30.2 Å². The van der Waals surface area contributed by atoms with Crippen LogP contribution in [0.15, 0.2) is 60.7 Å². The number of carbonyl (C=O) groups is 2. The lowest BCUT2D eigenvalue weighted by Crippen LogP contribution is -2.73. The van der Waals surface area contributed by atoms with Crippen LogP contribution in [-0.4, -0.2) is 33.7 Å². The summed E-state index contributed by atoms with van der Waals surface area (Å²) in [7, 11) is 0. The number of rotatable bonds is 4. The van der Waals surface area contributed by atoms with Gasteiger partial charge in [-0.15, -0.1) is 0 Å². The molecule has 1 spiro atoms. The first kappa shape index (κ1) is 33.2. The van der Waals surface area contributed by atoms with Gasteiger partial charge in [0.2, 0.25) is 0 Å². The Morgan fingerprint density at radius 3 is 2.29 bits per heavy atom. The molecule has 0 N–H and O–H groups in total. The van der Waals surface area contributed by atoms with Crippen LogP contribution in [0.25, 0.3) is 12.2 Å². The van der Waals surface area contributed by atoms with E-state index in [0.717, 1.165) is 49.0 Å². The van der Waals surface area contributed by atoms with Crippen molar-refractivity contribution in [3.8, 4) is 0 Å². The maximum Gasteiger partial charge on any atom is 0.164 e. The topological polar surface area (TPSA) is 69.2 Å². The number of pyridine rings is 2. The number of nitrogens with zero attached hydrogens (tertiary/aromatic N) is 2. The van der Waals surface area contributed by atoms with Crippen molar-refractivity contribution in [2.75, 3.05) is 6.61 Å². The number of hydrogen-bond acceptors (Lipinski definition) is 5. The van der Waals surface area contributed by atoms with Gasteiger partial charge < -0.3 is 4.74 Å². The molecule has 9 rings (SSSR count). The highest BCUT2D eigenvalue weighted by molar-refractivity contribution is 6.04. The van der Waals surface area contributed by atoms with Gasteiger partial charge in [0.25, 0.3) is 0 Å². The molecule has 49 heavy (non-hydrogen) atoms. The maximum absolute atomic E-state index is 14.1. The number of Topliss-reactive ketones (excluding diaryl/α,β-unsaturated/α-hetero) is 1. The standard InChI is InChI=1S/C44H56N2O3/c1-28-37-32-13-15-36-40(4)23-31(22-30-11-9-21-46-26-30)38(48)39(2,3)35(40)16-17-42(36,6)41(32,5)18-19-44(37)24-33(43(28,7)49-27-44)34(47)14-12-29-10-8-20-45-25-29/h8-12,14,20-22,25-26,28,32-33,35-37H,13,15-19,23-24,27H2,1-7H3/b14-12-,31-22-/t28-,32+,33+,35-,36+,37-,40-,41+,42+,43-,44-/m0/s1. The normalized spacial score (nSPS) is 46.1. The third-order valence-electron chi connectivity index (χ3n) is 16.7. The summed E-state index contributed by atoms with van der Waals surface area (Å²) in [4.78, 5) is 36.6. The fourth-order valence-corrected chi connectivity index (χ4v) is 14.1. The first-order valence-corrected chi connectivity index (χ1v) is 19.1. The Kier molecular flexibility index (Phi) is 7.49. The van der Waals surface area contributed by atoms with Crippen LogP contribution in [0, 0.1) is 62.6 Å². The number of fused-ring (bicyclic) bond motifs is 7. The lowest BCUT2D eigenvalue weighted by atomic mass is 9.30. The molecule has 2 bridgehead atoms. The van der Waals surface area contributed by atoms with Crippen LogP contribution in [0.2, 0.25) is 0 Å². The second kappa shape index (κ2) is 11.0. The summed E-state index contributed by atoms with van der Waals surface area (Å²) in [6.45, 7) is 17.8. The highest BCUT2D eigenvalue weighted by Crippen LogP contribution is 2.78. The van der Waals surface area contributed by atoms with Crippen LogP contribution in [0.3, 0.4) is 0 Å². The summed E-state index contributed by atoms with van der Waals surface area (Å²) >= 11 is 0. The van der Waals surface area contributed by atoms with E-state index < -0.39 is 5.60 Å². The van der Waals surface area contributed by atoms with Gasteiger partial charge >= 0.3 is 0 Å². The van der Waals surface area contributed by atoms with Gasteiger partial charge in [-0.05, 0) is 157 Å². The zero-order chi connectivity index (χ0) is 34.6. The SMILES string of the molecule is C[C@H]1[C@H]2[C@H]3CC[C@@H]4[C@@]5(C)C/C(=C/c6cccnc6)C(=O)C(C)(C)[C@@H]5CC[C@@]4(C)[C@]3(C)CC[C@]23CO[C@]1(C)[C@@H](C(=O)/C=C\c1cccnc1)C3. The molecule has 0 radical (unpaired) electrons. The van der Waals surface area contributed by atoms with E-state index >= 15 is 0 Å². The number of allylic oxidation sites excluding steroid dienone is 2. The summed E-state index contributed by atoms with van der Waals surface area (Å²) in [5.74, 6) is 2.86. The molecule has 2 aliphatic heterocycles. The average molecular weight is 661 g/mol. The van der Waals surface area contributed by atoms with Gasteiger partial charge in [0.05, 0.1) is 18.1 Å². The Hall–Kier alpha value is -2.92. The minimum absolute atomic E-state index is 0.0615. The van der Waals surface area contributed by atoms with Gasteiger partial charge in [-0.3, -0.25) is 19.6 Å². The summed E-state index contributed by atoms with van der Waals surface area (Å²) in [6.07, 6.45) is 22.0. The summed E-state index contributed by atoms with van der Waals surface area (Å²) in [5.41, 5.74) is 2.66. The number of ether oxygens (including phenoxy) is 1. The molecule has 0 amide bonds. The smallest absolute Gasteiger partial charge is 0.164 e. The Morgan fingerprint density at radius 2 is 1.59 bits per heavy atom. The molecule has 0 aromatic carbocycles. The minimum atomic E-state index is -0.456. The monoisotopic (exact) mass is 660 g/mol. The zero-order valence-electron chi connectivity index (χ0n) is 30.8. The maximum atomic E-state index is 14.1. The Balaban J connectivity index is 1.11. The molecular formula is C44H56N2O3. The van der Waals surface area contributed by atoms with E-state index in [9.17, 15) is 9.59 Å². The third kappa shape index (κ3) is 4.52. The van der Waals surface area contributed by atoms with Crippen LogP contribution < -0.4 is 0 Å². The predicted octanol–water partition coefficient (Wildman–Crippen LogP) is 9.44. The van der Waals surface area contributed by atoms with Crippen molar-refractivity contribution in [2.24, 2.45) is 62.6 Å². The van der Waals surface area contributed by atoms with Gasteiger partial charge in [0.1, 0.15) is 0 Å². The third-order valence-corrected chi connectivity index (χ3v) is 16.7. The van der Waals surface area contributed by atoms with Crippen molar-refractivity contribution in [1.29, 1.82) is 0 Å². The van der Waals surface area contributed by atoms with Crippen LogP contribution in [0.5, 0.6) is 0 Å². The Morgan fingerprint density at radius 1 is 0.878 bits per heavy atom. The van der Waals surface area contributed by atoms with E-state index in [1.54, 1.807) is 18.5 Å². The highest BCUT2D eigenvalue weighted by atomic mass is 16.5. The van der Waals surface area contributed by atoms with Crippen molar-refractivity contribution < 1.29 is 14.3 Å². The first-order chi connectivity index (χ1) is 23.2. The largest absolute Gasteiger partial charge is 0.374 e. The molecule has 7 fully saturated rings. The zero-order valence-corrected chi connectivity index (χ0v) is 30.8. The van der Waals surface area contributed by atoms with Gasteiger partial charge in [-0.1, -0.05) is 53.7 Å². The lowest BCUT2D eigenvalue weighted by molar-refractivity contribution is -0.316. The van der Waals surface area contributed by atoms with E-state index in [-0.39, 0.29) is 38.8 Å². The highest BCUT2D eigenvalue weighted by Gasteiger charge is 2.74. The summed E-state index contributed by atoms with van der Waals surface area (Å²) in [5, 5.41) is 0. The van der Waals surface area contributed by atoms with Crippen molar-refractivity contribution in [1.82, 2.24) is 9.97 Å². The van der Waals surface area contributed by atoms with Crippen molar-refractivity contribution >= 4 is 23.7 Å². The lowest BCUT2D eigenvalue weighted by Gasteiger charge is -2.76. The molecule has 2 saturated heterocycles. The van der Waals surface area contributed by atoms with E-state index in [1.165, 1.54) is 25.7 Å². The second-order valence-corrected chi connectivity index (χ2v) is 18.8. The second-order valence-electron chi connectivity index (χ2n) is 18.8. The van der Waals surface area contributed by atoms with Crippen LogP contribution in [0.1, 0.15) is 111 Å². The van der Waals surface area contributed by atoms with Gasteiger partial charge in [-0.25, -0.2) is 0 Å². The number of aromatic nitrogens is 2. The van der Waals surface area contributed by atoms with Crippen LogP contribution in [0.4, 0.5) is 0 Å². The molecule has 7 aliphatic rings. The first-order valence-electron chi connectivity index (χ1n) is 19.1. The molecule has 11 atom stereocenters. The summed E-state index contributed by atoms with van der Waals surface area (Å²) < 4.78 is 6.84. The Bertz CT molecular complexity index is 1720. The molecule has 4 heterocycles. The van der Waals surface area contributed by atoms with Gasteiger partial charge in [0.15, 0.2) is 11.6 Å². The van der Waals surface area contributed by atoms with E-state index in [1.807, 2.05) is 36.7 Å². The number of ketones is 2. The molecule has 2 aromatic rings. The number of hydrogen-bond donors (Lipinski definition) is 0. The molecular weight excluding hydrogens is 604 g/mol. The van der Waals surface area contributed by atoms with Crippen LogP contribution in [-0.2, 0) is 14.3 Å². The van der Waals surface area contributed by atoms with E-state index in [0.29, 0.717) is 35.4 Å². The van der Waals surface area contributed by atoms with E-state index in [4.69, 9.17) is 4.74 Å². The van der Waals surface area contributed by atoms with Crippen LogP contribution >= 0.6 is 0 Å². The quantitative estimate of drug-likeness (QED) is 0.306. The van der Waals surface area contributed by atoms with Gasteiger partial charge in [-0.2, -0.15) is 0 Å². The molecule has 5 nitrogen and oxygen atoms in total. The fourth-order valence-electron chi connectivity index (χ4n) is 14.1. The Labute approximate surface area is 293 Å².